The predicted octanol–water partition coefficient (Wildman–Crippen LogP) is 2.47. The summed E-state index contributed by atoms with van der Waals surface area (Å²) in [5.41, 5.74) is -1.81. The first-order valence-electron chi connectivity index (χ1n) is 7.98. The minimum Gasteiger partial charge on any atom is -0.338 e. The number of piperidine rings is 1. The number of carbonyl (C=O) groups excluding carboxylic acids is 2. The summed E-state index contributed by atoms with van der Waals surface area (Å²) < 4.78 is 52.4. The summed E-state index contributed by atoms with van der Waals surface area (Å²) >= 11 is 0. The van der Waals surface area contributed by atoms with Gasteiger partial charge in [-0.25, -0.2) is 9.18 Å². The predicted molar refractivity (Wildman–Crippen MR) is 80.4 cm³/mol. The average Bonchev–Trinajstić information content (AvgIpc) is 2.99. The first kappa shape index (κ1) is 17.5. The highest BCUT2D eigenvalue weighted by molar-refractivity contribution is 5.96. The second kappa shape index (κ2) is 6.53. The van der Waals surface area contributed by atoms with E-state index in [9.17, 15) is 27.2 Å². The summed E-state index contributed by atoms with van der Waals surface area (Å²) in [5, 5.41) is 2.70. The highest BCUT2D eigenvalue weighted by Gasteiger charge is 2.38. The molecule has 25 heavy (non-hydrogen) atoms. The molecule has 0 bridgehead atoms. The number of nitrogens with one attached hydrogen (secondary N) is 1. The van der Waals surface area contributed by atoms with Gasteiger partial charge in [0.2, 0.25) is 0 Å². The molecule has 0 radical (unpaired) electrons. The smallest absolute Gasteiger partial charge is 0.338 e. The molecular weight excluding hydrogens is 342 g/mol. The Morgan fingerprint density at radius 3 is 2.40 bits per heavy atom. The van der Waals surface area contributed by atoms with Gasteiger partial charge in [-0.3, -0.25) is 4.79 Å². The Hall–Kier alpha value is -2.32. The molecule has 1 aromatic carbocycles. The Labute approximate surface area is 141 Å². The van der Waals surface area contributed by atoms with Crippen LogP contribution < -0.4 is 5.32 Å². The van der Waals surface area contributed by atoms with Crippen molar-refractivity contribution in [2.75, 3.05) is 26.2 Å². The zero-order chi connectivity index (χ0) is 18.2. The fraction of sp³-hybridized carbons (Fsp3) is 0.500. The van der Waals surface area contributed by atoms with Crippen LogP contribution in [0.15, 0.2) is 18.2 Å². The quantitative estimate of drug-likeness (QED) is 0.825. The van der Waals surface area contributed by atoms with Crippen LogP contribution in [0.5, 0.6) is 0 Å². The monoisotopic (exact) mass is 359 g/mol. The van der Waals surface area contributed by atoms with E-state index in [-0.39, 0.29) is 25.2 Å². The van der Waals surface area contributed by atoms with Gasteiger partial charge < -0.3 is 15.1 Å². The maximum absolute atomic E-state index is 13.2. The van der Waals surface area contributed by atoms with Gasteiger partial charge in [-0.15, -0.1) is 0 Å². The van der Waals surface area contributed by atoms with E-state index < -0.39 is 29.0 Å². The number of nitrogens with zero attached hydrogens (tertiary/aromatic N) is 2. The number of carbonyl (C=O) groups is 2. The third-order valence-electron chi connectivity index (χ3n) is 4.60. The van der Waals surface area contributed by atoms with Gasteiger partial charge >= 0.3 is 12.2 Å². The molecule has 3 amide bonds. The van der Waals surface area contributed by atoms with Gasteiger partial charge in [0, 0.05) is 32.2 Å². The van der Waals surface area contributed by atoms with Crippen molar-refractivity contribution in [3.63, 3.8) is 0 Å². The standard InChI is InChI=1S/C16H17F4N3O2/c17-10-1-2-12(13(9-10)16(18,19)20)14(24)22-6-3-11(4-7-22)23-8-5-21-15(23)25/h1-2,9,11H,3-8H2,(H,21,25). The lowest BCUT2D eigenvalue weighted by Gasteiger charge is -2.36. The van der Waals surface area contributed by atoms with Crippen LogP contribution in [0.3, 0.4) is 0 Å². The Kier molecular flexibility index (Phi) is 4.57. The third-order valence-corrected chi connectivity index (χ3v) is 4.60. The maximum atomic E-state index is 13.2. The van der Waals surface area contributed by atoms with E-state index in [1.165, 1.54) is 4.90 Å². The first-order chi connectivity index (χ1) is 11.8. The lowest BCUT2D eigenvalue weighted by Crippen LogP contribution is -2.48. The number of urea groups is 1. The van der Waals surface area contributed by atoms with Gasteiger partial charge in [-0.2, -0.15) is 13.2 Å². The topological polar surface area (TPSA) is 52.7 Å². The SMILES string of the molecule is O=C(c1ccc(F)cc1C(F)(F)F)N1CCC(N2CCNC2=O)CC1. The minimum atomic E-state index is -4.81. The lowest BCUT2D eigenvalue weighted by molar-refractivity contribution is -0.138. The van der Waals surface area contributed by atoms with Crippen molar-refractivity contribution < 1.29 is 27.2 Å². The molecule has 0 aliphatic carbocycles. The van der Waals surface area contributed by atoms with Gasteiger partial charge in [0.15, 0.2) is 0 Å². The summed E-state index contributed by atoms with van der Waals surface area (Å²) in [6.07, 6.45) is -3.80. The fourth-order valence-electron chi connectivity index (χ4n) is 3.32. The Balaban J connectivity index is 1.72. The molecule has 2 saturated heterocycles. The van der Waals surface area contributed by atoms with Crippen molar-refractivity contribution in [3.05, 3.63) is 35.1 Å². The lowest BCUT2D eigenvalue weighted by atomic mass is 10.0. The largest absolute Gasteiger partial charge is 0.417 e. The van der Waals surface area contributed by atoms with Gasteiger partial charge in [0.1, 0.15) is 5.82 Å². The molecule has 136 valence electrons. The van der Waals surface area contributed by atoms with E-state index in [1.807, 2.05) is 0 Å². The molecule has 2 heterocycles. The number of likely N-dealkylation sites (tertiary alicyclic amines) is 1. The summed E-state index contributed by atoms with van der Waals surface area (Å²) in [5.74, 6) is -1.81. The van der Waals surface area contributed by atoms with E-state index in [0.717, 1.165) is 12.1 Å². The summed E-state index contributed by atoms with van der Waals surface area (Å²) in [6.45, 7) is 1.67. The van der Waals surface area contributed by atoms with Crippen LogP contribution in [0.1, 0.15) is 28.8 Å². The molecule has 1 N–H and O–H groups in total. The van der Waals surface area contributed by atoms with Gasteiger partial charge in [0.25, 0.3) is 5.91 Å². The summed E-state index contributed by atoms with van der Waals surface area (Å²) in [4.78, 5) is 27.2. The Morgan fingerprint density at radius 1 is 1.16 bits per heavy atom. The van der Waals surface area contributed by atoms with Crippen LogP contribution in [0.2, 0.25) is 0 Å². The van der Waals surface area contributed by atoms with Crippen molar-refractivity contribution in [2.45, 2.75) is 25.1 Å². The van der Waals surface area contributed by atoms with Crippen LogP contribution >= 0.6 is 0 Å². The number of alkyl halides is 3. The number of amides is 3. The van der Waals surface area contributed by atoms with Crippen LogP contribution in [0.25, 0.3) is 0 Å². The summed E-state index contributed by atoms with van der Waals surface area (Å²) in [6, 6.07) is 1.89. The number of rotatable bonds is 2. The Bertz CT molecular complexity index is 684. The minimum absolute atomic E-state index is 0.0261. The molecule has 0 aromatic heterocycles. The van der Waals surface area contributed by atoms with E-state index >= 15 is 0 Å². The molecule has 2 aliphatic heterocycles. The van der Waals surface area contributed by atoms with Gasteiger partial charge in [0.05, 0.1) is 11.1 Å². The molecule has 0 spiro atoms. The van der Waals surface area contributed by atoms with Crippen molar-refractivity contribution in [3.8, 4) is 0 Å². The molecule has 0 unspecified atom stereocenters. The van der Waals surface area contributed by atoms with Crippen LogP contribution in [-0.4, -0.2) is 54.0 Å². The summed E-state index contributed by atoms with van der Waals surface area (Å²) in [7, 11) is 0. The number of hydrogen-bond acceptors (Lipinski definition) is 2. The molecule has 1 aromatic rings. The second-order valence-corrected chi connectivity index (χ2v) is 6.14. The molecule has 2 aliphatic rings. The van der Waals surface area contributed by atoms with Gasteiger partial charge in [-0.1, -0.05) is 0 Å². The highest BCUT2D eigenvalue weighted by Crippen LogP contribution is 2.33. The third kappa shape index (κ3) is 3.54. The van der Waals surface area contributed by atoms with E-state index in [4.69, 9.17) is 0 Å². The van der Waals surface area contributed by atoms with Crippen molar-refractivity contribution >= 4 is 11.9 Å². The molecule has 3 rings (SSSR count). The fourth-order valence-corrected chi connectivity index (χ4v) is 3.32. The van der Waals surface area contributed by atoms with Gasteiger partial charge in [-0.05, 0) is 31.0 Å². The van der Waals surface area contributed by atoms with E-state index in [1.54, 1.807) is 4.90 Å². The normalized spacial score (nSPS) is 19.3. The molecular formula is C16H17F4N3O2. The zero-order valence-electron chi connectivity index (χ0n) is 13.3. The maximum Gasteiger partial charge on any atom is 0.417 e. The van der Waals surface area contributed by atoms with E-state index in [0.29, 0.717) is 32.0 Å². The molecule has 0 saturated carbocycles. The second-order valence-electron chi connectivity index (χ2n) is 6.14. The van der Waals surface area contributed by atoms with Crippen LogP contribution in [-0.2, 0) is 6.18 Å². The zero-order valence-corrected chi connectivity index (χ0v) is 13.3. The van der Waals surface area contributed by atoms with Crippen LogP contribution in [0.4, 0.5) is 22.4 Å². The number of halogens is 4. The van der Waals surface area contributed by atoms with Crippen molar-refractivity contribution in [2.24, 2.45) is 0 Å². The van der Waals surface area contributed by atoms with Crippen molar-refractivity contribution in [1.82, 2.24) is 15.1 Å². The average molecular weight is 359 g/mol. The van der Waals surface area contributed by atoms with E-state index in [2.05, 4.69) is 5.32 Å². The van der Waals surface area contributed by atoms with Crippen molar-refractivity contribution in [1.29, 1.82) is 0 Å². The highest BCUT2D eigenvalue weighted by atomic mass is 19.4. The number of benzene rings is 1. The van der Waals surface area contributed by atoms with Crippen LogP contribution in [0, 0.1) is 5.82 Å². The Morgan fingerprint density at radius 2 is 1.84 bits per heavy atom. The number of hydrogen-bond donors (Lipinski definition) is 1. The molecule has 5 nitrogen and oxygen atoms in total. The molecule has 9 heteroatoms. The first-order valence-corrected chi connectivity index (χ1v) is 7.98. The molecule has 2 fully saturated rings. The molecule has 0 atom stereocenters.